The van der Waals surface area contributed by atoms with Crippen LogP contribution in [0.4, 0.5) is 0 Å². The highest BCUT2D eigenvalue weighted by Crippen LogP contribution is 2.30. The Hall–Kier alpha value is -1.31. The minimum absolute atomic E-state index is 0.0338. The fraction of sp³-hybridized carbons (Fsp3) is 0.462. The molecule has 1 aromatic carbocycles. The van der Waals surface area contributed by atoms with Crippen molar-refractivity contribution in [1.82, 2.24) is 4.31 Å². The van der Waals surface area contributed by atoms with E-state index in [-0.39, 0.29) is 29.7 Å². The van der Waals surface area contributed by atoms with Crippen LogP contribution in [-0.2, 0) is 14.8 Å². The quantitative estimate of drug-likeness (QED) is 0.826. The number of nitrogens with zero attached hydrogens (tertiary/aromatic N) is 1. The lowest BCUT2D eigenvalue weighted by Gasteiger charge is -2.26. The third kappa shape index (κ3) is 4.33. The van der Waals surface area contributed by atoms with E-state index >= 15 is 0 Å². The maximum atomic E-state index is 12.7. The van der Waals surface area contributed by atoms with Crippen molar-refractivity contribution in [3.8, 4) is 5.75 Å². The molecule has 118 valence electrons. The van der Waals surface area contributed by atoms with E-state index in [1.165, 1.54) is 25.3 Å². The summed E-state index contributed by atoms with van der Waals surface area (Å²) in [5.74, 6) is -0.928. The van der Waals surface area contributed by atoms with Gasteiger partial charge in [-0.15, -0.1) is 0 Å². The van der Waals surface area contributed by atoms with Crippen LogP contribution in [0.5, 0.6) is 5.75 Å². The zero-order valence-corrected chi connectivity index (χ0v) is 13.6. The fourth-order valence-corrected chi connectivity index (χ4v) is 3.78. The summed E-state index contributed by atoms with van der Waals surface area (Å²) < 4.78 is 31.6. The molecule has 1 N–H and O–H groups in total. The molecule has 0 saturated heterocycles. The van der Waals surface area contributed by atoms with Crippen LogP contribution >= 0.6 is 11.6 Å². The number of aliphatic carboxylic acids is 1. The summed E-state index contributed by atoms with van der Waals surface area (Å²) in [5, 5.41) is 9.11. The van der Waals surface area contributed by atoms with Gasteiger partial charge in [0.25, 0.3) is 0 Å². The molecule has 0 atom stereocenters. The zero-order valence-electron chi connectivity index (χ0n) is 12.0. The Morgan fingerprint density at radius 2 is 2.05 bits per heavy atom. The van der Waals surface area contributed by atoms with Crippen LogP contribution in [0.1, 0.15) is 20.3 Å². The second kappa shape index (κ2) is 7.11. The Kier molecular flexibility index (Phi) is 6.00. The van der Waals surface area contributed by atoms with E-state index in [0.29, 0.717) is 5.02 Å². The molecule has 0 bridgehead atoms. The number of ether oxygens (including phenoxy) is 1. The number of hydrogen-bond donors (Lipinski definition) is 1. The van der Waals surface area contributed by atoms with E-state index in [1.54, 1.807) is 13.8 Å². The number of halogens is 1. The first kappa shape index (κ1) is 17.7. The maximum Gasteiger partial charge on any atom is 0.304 e. The average molecular weight is 336 g/mol. The first-order chi connectivity index (χ1) is 9.70. The molecule has 0 aliphatic heterocycles. The highest BCUT2D eigenvalue weighted by Gasteiger charge is 2.30. The van der Waals surface area contributed by atoms with E-state index in [9.17, 15) is 13.2 Å². The molecule has 21 heavy (non-hydrogen) atoms. The predicted molar refractivity (Wildman–Crippen MR) is 79.3 cm³/mol. The number of methoxy groups -OCH3 is 1. The van der Waals surface area contributed by atoms with Gasteiger partial charge in [0.2, 0.25) is 10.0 Å². The fourth-order valence-electron chi connectivity index (χ4n) is 1.84. The van der Waals surface area contributed by atoms with Gasteiger partial charge in [0.15, 0.2) is 0 Å². The highest BCUT2D eigenvalue weighted by atomic mass is 35.5. The van der Waals surface area contributed by atoms with Gasteiger partial charge in [-0.3, -0.25) is 4.79 Å². The molecule has 0 radical (unpaired) electrons. The van der Waals surface area contributed by atoms with Crippen molar-refractivity contribution in [2.75, 3.05) is 13.7 Å². The SMILES string of the molecule is COc1cc(Cl)ccc1S(=O)(=O)N(CCC(=O)O)C(C)C. The molecule has 0 aromatic heterocycles. The molecule has 0 spiro atoms. The van der Waals surface area contributed by atoms with Gasteiger partial charge in [-0.25, -0.2) is 8.42 Å². The van der Waals surface area contributed by atoms with Crippen molar-refractivity contribution in [2.24, 2.45) is 0 Å². The number of rotatable bonds is 7. The smallest absolute Gasteiger partial charge is 0.304 e. The van der Waals surface area contributed by atoms with Crippen molar-refractivity contribution in [3.05, 3.63) is 23.2 Å². The van der Waals surface area contributed by atoms with Gasteiger partial charge in [0, 0.05) is 23.7 Å². The van der Waals surface area contributed by atoms with Crippen LogP contribution in [0.15, 0.2) is 23.1 Å². The number of carbonyl (C=O) groups is 1. The van der Waals surface area contributed by atoms with E-state index in [4.69, 9.17) is 21.4 Å². The standard InChI is InChI=1S/C13H18ClNO5S/c1-9(2)15(7-6-13(16)17)21(18,19)12-5-4-10(14)8-11(12)20-3/h4-5,8-9H,6-7H2,1-3H3,(H,16,17). The van der Waals surface area contributed by atoms with Crippen LogP contribution in [0.3, 0.4) is 0 Å². The summed E-state index contributed by atoms with van der Waals surface area (Å²) >= 11 is 5.82. The van der Waals surface area contributed by atoms with E-state index in [0.717, 1.165) is 4.31 Å². The number of carboxylic acid groups (broad SMARTS) is 1. The third-order valence-corrected chi connectivity index (χ3v) is 5.18. The average Bonchev–Trinajstić information content (AvgIpc) is 2.37. The van der Waals surface area contributed by atoms with Crippen LogP contribution in [0, 0.1) is 0 Å². The summed E-state index contributed by atoms with van der Waals surface area (Å²) in [7, 11) is -2.52. The second-order valence-corrected chi connectivity index (χ2v) is 6.94. The molecule has 0 saturated carbocycles. The minimum atomic E-state index is -3.87. The molecule has 1 rings (SSSR count). The van der Waals surface area contributed by atoms with Crippen molar-refractivity contribution >= 4 is 27.6 Å². The van der Waals surface area contributed by atoms with Gasteiger partial charge in [-0.05, 0) is 26.0 Å². The molecule has 0 unspecified atom stereocenters. The number of benzene rings is 1. The summed E-state index contributed by atoms with van der Waals surface area (Å²) in [4.78, 5) is 10.7. The summed E-state index contributed by atoms with van der Waals surface area (Å²) in [6.07, 6.45) is -0.271. The molecule has 6 nitrogen and oxygen atoms in total. The zero-order chi connectivity index (χ0) is 16.2. The number of hydrogen-bond acceptors (Lipinski definition) is 4. The largest absolute Gasteiger partial charge is 0.495 e. The first-order valence-corrected chi connectivity index (χ1v) is 8.09. The first-order valence-electron chi connectivity index (χ1n) is 6.27. The molecule has 0 amide bonds. The highest BCUT2D eigenvalue weighted by molar-refractivity contribution is 7.89. The van der Waals surface area contributed by atoms with Gasteiger partial charge in [-0.2, -0.15) is 4.31 Å². The monoisotopic (exact) mass is 335 g/mol. The number of carboxylic acids is 1. The van der Waals surface area contributed by atoms with Gasteiger partial charge >= 0.3 is 5.97 Å². The lowest BCUT2D eigenvalue weighted by molar-refractivity contribution is -0.137. The molecule has 0 aliphatic carbocycles. The lowest BCUT2D eigenvalue weighted by Crippen LogP contribution is -2.38. The molecular formula is C13H18ClNO5S. The Morgan fingerprint density at radius 3 is 2.52 bits per heavy atom. The van der Waals surface area contributed by atoms with Crippen LogP contribution in [0.25, 0.3) is 0 Å². The molecule has 1 aromatic rings. The second-order valence-electron chi connectivity index (χ2n) is 4.65. The lowest BCUT2D eigenvalue weighted by atomic mass is 10.3. The number of sulfonamides is 1. The van der Waals surface area contributed by atoms with Crippen LogP contribution in [0.2, 0.25) is 5.02 Å². The molecule has 0 aliphatic rings. The van der Waals surface area contributed by atoms with Crippen LogP contribution in [-0.4, -0.2) is 43.5 Å². The Balaban J connectivity index is 3.26. The molecular weight excluding hydrogens is 318 g/mol. The topological polar surface area (TPSA) is 83.9 Å². The van der Waals surface area contributed by atoms with Gasteiger partial charge in [0.05, 0.1) is 13.5 Å². The van der Waals surface area contributed by atoms with E-state index in [2.05, 4.69) is 0 Å². The molecule has 0 fully saturated rings. The molecule has 8 heteroatoms. The van der Waals surface area contributed by atoms with Crippen molar-refractivity contribution in [1.29, 1.82) is 0 Å². The predicted octanol–water partition coefficient (Wildman–Crippen LogP) is 2.22. The van der Waals surface area contributed by atoms with Gasteiger partial charge in [-0.1, -0.05) is 11.6 Å². The Bertz CT molecular complexity index is 615. The molecule has 0 heterocycles. The van der Waals surface area contributed by atoms with Gasteiger partial charge in [0.1, 0.15) is 10.6 Å². The van der Waals surface area contributed by atoms with E-state index < -0.39 is 16.0 Å². The van der Waals surface area contributed by atoms with E-state index in [1.807, 2.05) is 0 Å². The summed E-state index contributed by atoms with van der Waals surface area (Å²) in [6.45, 7) is 3.25. The Morgan fingerprint density at radius 1 is 1.43 bits per heavy atom. The van der Waals surface area contributed by atoms with Gasteiger partial charge < -0.3 is 9.84 Å². The van der Waals surface area contributed by atoms with Crippen molar-refractivity contribution in [3.63, 3.8) is 0 Å². The minimum Gasteiger partial charge on any atom is -0.495 e. The Labute approximate surface area is 129 Å². The van der Waals surface area contributed by atoms with Crippen molar-refractivity contribution < 1.29 is 23.1 Å². The maximum absolute atomic E-state index is 12.7. The summed E-state index contributed by atoms with van der Waals surface area (Å²) in [5.41, 5.74) is 0. The van der Waals surface area contributed by atoms with Crippen LogP contribution < -0.4 is 4.74 Å². The third-order valence-electron chi connectivity index (χ3n) is 2.83. The normalized spacial score (nSPS) is 11.9. The summed E-state index contributed by atoms with van der Waals surface area (Å²) in [6, 6.07) is 3.83. The van der Waals surface area contributed by atoms with Crippen molar-refractivity contribution in [2.45, 2.75) is 31.2 Å².